The van der Waals surface area contributed by atoms with Gasteiger partial charge >= 0.3 is 0 Å². The summed E-state index contributed by atoms with van der Waals surface area (Å²) in [7, 11) is 2.26. The molecule has 2 aliphatic rings. The number of aryl methyl sites for hydroxylation is 1. The van der Waals surface area contributed by atoms with E-state index in [4.69, 9.17) is 4.42 Å². The third-order valence-corrected chi connectivity index (χ3v) is 8.35. The Balaban J connectivity index is 1.70. The Labute approximate surface area is 202 Å². The summed E-state index contributed by atoms with van der Waals surface area (Å²) in [5.74, 6) is 0. The van der Waals surface area contributed by atoms with E-state index in [0.29, 0.717) is 0 Å². The molecule has 0 N–H and O–H groups in total. The van der Waals surface area contributed by atoms with Crippen molar-refractivity contribution in [3.8, 4) is 0 Å². The SMILES string of the molecule is CCCc1ccc2c(c1)oc1c3c(ccc12)C(C)=CC(CC)(CC)C1N(C)c2ccccc2N31. The minimum Gasteiger partial charge on any atom is -0.454 e. The number of para-hydroxylation sites is 2. The molecule has 34 heavy (non-hydrogen) atoms. The van der Waals surface area contributed by atoms with Crippen LogP contribution in [-0.4, -0.2) is 13.2 Å². The van der Waals surface area contributed by atoms with Crippen LogP contribution >= 0.6 is 0 Å². The lowest BCUT2D eigenvalue weighted by atomic mass is 9.77. The molecule has 1 unspecified atom stereocenters. The molecule has 0 amide bonds. The molecule has 4 aromatic rings. The zero-order chi connectivity index (χ0) is 23.6. The number of hydrogen-bond acceptors (Lipinski definition) is 3. The highest BCUT2D eigenvalue weighted by Crippen LogP contribution is 2.57. The highest BCUT2D eigenvalue weighted by Gasteiger charge is 2.49. The first kappa shape index (κ1) is 21.3. The zero-order valence-corrected chi connectivity index (χ0v) is 21.0. The number of hydrogen-bond donors (Lipinski definition) is 0. The predicted octanol–water partition coefficient (Wildman–Crippen LogP) is 8.68. The Hall–Kier alpha value is -3.20. The van der Waals surface area contributed by atoms with Crippen LogP contribution in [0.15, 0.2) is 65.1 Å². The molecule has 0 fully saturated rings. The molecular weight excluding hydrogens is 416 g/mol. The summed E-state index contributed by atoms with van der Waals surface area (Å²) >= 11 is 0. The van der Waals surface area contributed by atoms with Gasteiger partial charge < -0.3 is 14.2 Å². The van der Waals surface area contributed by atoms with Crippen LogP contribution in [0, 0.1) is 5.41 Å². The fourth-order valence-electron chi connectivity index (χ4n) is 6.56. The second-order valence-corrected chi connectivity index (χ2v) is 10.1. The normalized spacial score (nSPS) is 18.6. The van der Waals surface area contributed by atoms with E-state index in [0.717, 1.165) is 36.8 Å². The highest BCUT2D eigenvalue weighted by molar-refractivity contribution is 6.12. The molecule has 1 atom stereocenters. The van der Waals surface area contributed by atoms with Gasteiger partial charge in [0, 0.05) is 28.8 Å². The van der Waals surface area contributed by atoms with Crippen molar-refractivity contribution in [3.63, 3.8) is 0 Å². The van der Waals surface area contributed by atoms with Crippen LogP contribution in [0.4, 0.5) is 17.1 Å². The Bertz CT molecular complexity index is 1440. The monoisotopic (exact) mass is 450 g/mol. The fraction of sp³-hybridized carbons (Fsp3) is 0.355. The fourth-order valence-corrected chi connectivity index (χ4v) is 6.56. The van der Waals surface area contributed by atoms with Crippen LogP contribution < -0.4 is 9.80 Å². The summed E-state index contributed by atoms with van der Waals surface area (Å²) in [5, 5.41) is 2.41. The van der Waals surface area contributed by atoms with Crippen LogP contribution in [-0.2, 0) is 6.42 Å². The van der Waals surface area contributed by atoms with Gasteiger partial charge in [0.1, 0.15) is 11.7 Å². The van der Waals surface area contributed by atoms with Gasteiger partial charge in [-0.05, 0) is 61.6 Å². The van der Waals surface area contributed by atoms with Gasteiger partial charge in [0.05, 0.1) is 17.1 Å². The summed E-state index contributed by atoms with van der Waals surface area (Å²) in [6.07, 6.45) is 7.13. The maximum atomic E-state index is 6.75. The second-order valence-electron chi connectivity index (χ2n) is 10.1. The first-order valence-electron chi connectivity index (χ1n) is 12.8. The Morgan fingerprint density at radius 3 is 2.38 bits per heavy atom. The molecule has 2 aliphatic heterocycles. The smallest absolute Gasteiger partial charge is 0.159 e. The number of fused-ring (bicyclic) bond motifs is 9. The van der Waals surface area contributed by atoms with Crippen molar-refractivity contribution < 1.29 is 4.42 Å². The van der Waals surface area contributed by atoms with E-state index in [1.54, 1.807) is 0 Å². The number of nitrogens with zero attached hydrogens (tertiary/aromatic N) is 2. The highest BCUT2D eigenvalue weighted by atomic mass is 16.3. The number of anilines is 3. The van der Waals surface area contributed by atoms with E-state index >= 15 is 0 Å². The zero-order valence-electron chi connectivity index (χ0n) is 21.0. The second kappa shape index (κ2) is 7.66. The van der Waals surface area contributed by atoms with Gasteiger partial charge in [0.25, 0.3) is 0 Å². The van der Waals surface area contributed by atoms with Gasteiger partial charge in [-0.25, -0.2) is 0 Å². The van der Waals surface area contributed by atoms with Crippen LogP contribution in [0.5, 0.6) is 0 Å². The van der Waals surface area contributed by atoms with Gasteiger partial charge in [-0.1, -0.05) is 63.6 Å². The average molecular weight is 451 g/mol. The van der Waals surface area contributed by atoms with Crippen LogP contribution in [0.25, 0.3) is 27.5 Å². The van der Waals surface area contributed by atoms with Gasteiger partial charge in [0.2, 0.25) is 0 Å². The van der Waals surface area contributed by atoms with Crippen molar-refractivity contribution in [3.05, 3.63) is 71.8 Å². The summed E-state index contributed by atoms with van der Waals surface area (Å²) in [5.41, 5.74) is 9.76. The first-order valence-corrected chi connectivity index (χ1v) is 12.8. The molecule has 0 spiro atoms. The van der Waals surface area contributed by atoms with Crippen LogP contribution in [0.2, 0.25) is 0 Å². The molecule has 0 bridgehead atoms. The molecule has 1 aromatic heterocycles. The van der Waals surface area contributed by atoms with Crippen molar-refractivity contribution in [1.82, 2.24) is 0 Å². The van der Waals surface area contributed by atoms with Gasteiger partial charge in [0.15, 0.2) is 5.58 Å². The van der Waals surface area contributed by atoms with Crippen LogP contribution in [0.1, 0.15) is 58.1 Å². The summed E-state index contributed by atoms with van der Waals surface area (Å²) < 4.78 is 6.75. The molecule has 6 rings (SSSR count). The van der Waals surface area contributed by atoms with Gasteiger partial charge in [-0.2, -0.15) is 0 Å². The minimum absolute atomic E-state index is 0.0313. The van der Waals surface area contributed by atoms with E-state index < -0.39 is 0 Å². The molecule has 3 aromatic carbocycles. The summed E-state index contributed by atoms with van der Waals surface area (Å²) in [6.45, 7) is 9.18. The molecule has 174 valence electrons. The van der Waals surface area contributed by atoms with E-state index in [9.17, 15) is 0 Å². The number of furan rings is 1. The maximum Gasteiger partial charge on any atom is 0.159 e. The molecule has 0 saturated carbocycles. The molecule has 3 heterocycles. The number of benzene rings is 3. The predicted molar refractivity (Wildman–Crippen MR) is 145 cm³/mol. The van der Waals surface area contributed by atoms with Crippen molar-refractivity contribution in [2.24, 2.45) is 5.41 Å². The first-order chi connectivity index (χ1) is 16.5. The third-order valence-electron chi connectivity index (χ3n) is 8.35. The van der Waals surface area contributed by atoms with Crippen molar-refractivity contribution >= 4 is 44.6 Å². The van der Waals surface area contributed by atoms with E-state index in [2.05, 4.69) is 105 Å². The summed E-state index contributed by atoms with van der Waals surface area (Å²) in [4.78, 5) is 5.07. The molecule has 3 heteroatoms. The minimum atomic E-state index is 0.0313. The lowest BCUT2D eigenvalue weighted by Crippen LogP contribution is -2.50. The molecule has 0 aliphatic carbocycles. The van der Waals surface area contributed by atoms with E-state index in [1.807, 2.05) is 0 Å². The topological polar surface area (TPSA) is 19.6 Å². The average Bonchev–Trinajstić information content (AvgIpc) is 3.33. The van der Waals surface area contributed by atoms with E-state index in [-0.39, 0.29) is 11.6 Å². The molecule has 0 saturated heterocycles. The number of allylic oxidation sites excluding steroid dienone is 1. The Kier molecular flexibility index (Phi) is 4.81. The van der Waals surface area contributed by atoms with E-state index in [1.165, 1.54) is 44.5 Å². The van der Waals surface area contributed by atoms with Crippen molar-refractivity contribution in [2.75, 3.05) is 16.8 Å². The maximum absolute atomic E-state index is 6.75. The summed E-state index contributed by atoms with van der Waals surface area (Å²) in [6, 6.07) is 20.2. The number of rotatable bonds is 4. The van der Waals surface area contributed by atoms with Crippen LogP contribution in [0.3, 0.4) is 0 Å². The van der Waals surface area contributed by atoms with Crippen molar-refractivity contribution in [1.29, 1.82) is 0 Å². The van der Waals surface area contributed by atoms with Crippen molar-refractivity contribution in [2.45, 2.75) is 59.5 Å². The lowest BCUT2D eigenvalue weighted by molar-refractivity contribution is 0.283. The standard InChI is InChI=1S/C31H34N2O/c1-6-11-21-14-15-23-24-17-16-22-20(4)19-31(7-2,8-3)30-32(5)25-12-9-10-13-26(25)33(30)28(22)29(24)34-27(23)18-21/h9-10,12-19,30H,6-8,11H2,1-5H3. The Morgan fingerprint density at radius 2 is 1.65 bits per heavy atom. The molecule has 3 nitrogen and oxygen atoms in total. The van der Waals surface area contributed by atoms with Gasteiger partial charge in [-0.3, -0.25) is 0 Å². The van der Waals surface area contributed by atoms with Gasteiger partial charge in [-0.15, -0.1) is 0 Å². The lowest BCUT2D eigenvalue weighted by Gasteiger charge is -2.43. The largest absolute Gasteiger partial charge is 0.454 e. The Morgan fingerprint density at radius 1 is 0.912 bits per heavy atom. The molecule has 0 radical (unpaired) electrons. The quantitative estimate of drug-likeness (QED) is 0.310. The molecular formula is C31H34N2O. The third kappa shape index (κ3) is 2.76.